The first-order chi connectivity index (χ1) is 7.38. The molecule has 4 heteroatoms. The van der Waals surface area contributed by atoms with Crippen molar-refractivity contribution < 1.29 is 14.6 Å². The number of rotatable bonds is 0. The van der Waals surface area contributed by atoms with Crippen molar-refractivity contribution in [1.29, 1.82) is 0 Å². The number of ether oxygens (including phenoxy) is 1. The van der Waals surface area contributed by atoms with E-state index in [0.717, 1.165) is 25.8 Å². The molecule has 2 fully saturated rings. The summed E-state index contributed by atoms with van der Waals surface area (Å²) in [5, 5.41) is 9.87. The zero-order valence-electron chi connectivity index (χ0n) is 10.3. The van der Waals surface area contributed by atoms with E-state index in [-0.39, 0.29) is 18.2 Å². The fourth-order valence-electron chi connectivity index (χ4n) is 2.81. The first kappa shape index (κ1) is 11.7. The molecule has 1 N–H and O–H groups in total. The maximum atomic E-state index is 11.9. The molecule has 0 bridgehead atoms. The molecular weight excluding hydrogens is 206 g/mol. The summed E-state index contributed by atoms with van der Waals surface area (Å²) < 4.78 is 5.35. The second-order valence-electron chi connectivity index (χ2n) is 5.86. The number of nitrogens with zero attached hydrogens (tertiary/aromatic N) is 1. The Kier molecular flexibility index (Phi) is 2.86. The molecule has 4 nitrogen and oxygen atoms in total. The van der Waals surface area contributed by atoms with Crippen molar-refractivity contribution in [3.8, 4) is 0 Å². The minimum absolute atomic E-state index is 0.00477. The molecule has 1 aliphatic heterocycles. The van der Waals surface area contributed by atoms with Crippen LogP contribution < -0.4 is 0 Å². The van der Waals surface area contributed by atoms with Crippen LogP contribution >= 0.6 is 0 Å². The van der Waals surface area contributed by atoms with Crippen molar-refractivity contribution in [2.24, 2.45) is 5.92 Å². The van der Waals surface area contributed by atoms with Gasteiger partial charge in [0.25, 0.3) is 0 Å². The topological polar surface area (TPSA) is 49.8 Å². The lowest BCUT2D eigenvalue weighted by Crippen LogP contribution is -2.44. The van der Waals surface area contributed by atoms with Gasteiger partial charge in [-0.3, -0.25) is 0 Å². The number of fused-ring (bicyclic) bond motifs is 1. The van der Waals surface area contributed by atoms with Crippen molar-refractivity contribution in [3.05, 3.63) is 0 Å². The van der Waals surface area contributed by atoms with Crippen LogP contribution in [0.3, 0.4) is 0 Å². The monoisotopic (exact) mass is 227 g/mol. The number of hydrogen-bond acceptors (Lipinski definition) is 3. The van der Waals surface area contributed by atoms with Crippen molar-refractivity contribution in [3.63, 3.8) is 0 Å². The van der Waals surface area contributed by atoms with Gasteiger partial charge in [-0.1, -0.05) is 0 Å². The first-order valence-electron chi connectivity index (χ1n) is 6.06. The van der Waals surface area contributed by atoms with Gasteiger partial charge in [-0.2, -0.15) is 0 Å². The average Bonchev–Trinajstić information content (AvgIpc) is 2.66. The van der Waals surface area contributed by atoms with Crippen molar-refractivity contribution in [2.75, 3.05) is 6.54 Å². The zero-order chi connectivity index (χ0) is 11.9. The molecule has 0 radical (unpaired) electrons. The second-order valence-corrected chi connectivity index (χ2v) is 5.86. The van der Waals surface area contributed by atoms with Gasteiger partial charge in [-0.05, 0) is 46.0 Å². The minimum Gasteiger partial charge on any atom is -0.444 e. The second kappa shape index (κ2) is 3.91. The summed E-state index contributed by atoms with van der Waals surface area (Å²) in [6.45, 7) is 6.32. The highest BCUT2D eigenvalue weighted by Gasteiger charge is 2.46. The van der Waals surface area contributed by atoms with Crippen LogP contribution in [-0.2, 0) is 4.74 Å². The molecule has 3 atom stereocenters. The van der Waals surface area contributed by atoms with Gasteiger partial charge in [0.15, 0.2) is 0 Å². The normalized spacial score (nSPS) is 34.0. The number of hydrogen-bond donors (Lipinski definition) is 1. The van der Waals surface area contributed by atoms with Gasteiger partial charge < -0.3 is 14.7 Å². The van der Waals surface area contributed by atoms with Crippen molar-refractivity contribution >= 4 is 6.09 Å². The summed E-state index contributed by atoms with van der Waals surface area (Å²) in [5.74, 6) is 0.475. The first-order valence-corrected chi connectivity index (χ1v) is 6.06. The summed E-state index contributed by atoms with van der Waals surface area (Å²) in [6, 6.07) is -0.00477. The average molecular weight is 227 g/mol. The molecule has 2 aliphatic rings. The van der Waals surface area contributed by atoms with Crippen LogP contribution in [0.2, 0.25) is 0 Å². The van der Waals surface area contributed by atoms with Gasteiger partial charge in [-0.25, -0.2) is 4.79 Å². The van der Waals surface area contributed by atoms with Gasteiger partial charge in [0, 0.05) is 6.54 Å². The third-order valence-electron chi connectivity index (χ3n) is 3.44. The van der Waals surface area contributed by atoms with E-state index < -0.39 is 5.60 Å². The molecule has 0 aromatic heterocycles. The predicted molar refractivity (Wildman–Crippen MR) is 60.1 cm³/mol. The van der Waals surface area contributed by atoms with Gasteiger partial charge in [0.05, 0.1) is 12.1 Å². The van der Waals surface area contributed by atoms with E-state index in [1.165, 1.54) is 0 Å². The summed E-state index contributed by atoms with van der Waals surface area (Å²) >= 11 is 0. The lowest BCUT2D eigenvalue weighted by Gasteiger charge is -2.29. The molecule has 1 heterocycles. The Bertz CT molecular complexity index is 284. The molecule has 1 saturated heterocycles. The Labute approximate surface area is 96.6 Å². The van der Waals surface area contributed by atoms with Crippen LogP contribution in [0.1, 0.15) is 40.0 Å². The highest BCUT2D eigenvalue weighted by atomic mass is 16.6. The maximum Gasteiger partial charge on any atom is 0.410 e. The summed E-state index contributed by atoms with van der Waals surface area (Å²) in [4.78, 5) is 13.7. The highest BCUT2D eigenvalue weighted by molar-refractivity contribution is 5.69. The van der Waals surface area contributed by atoms with E-state index in [1.807, 2.05) is 20.8 Å². The summed E-state index contributed by atoms with van der Waals surface area (Å²) in [7, 11) is 0. The standard InChI is InChI=1S/C12H21NO3/c1-12(2,3)16-11(15)13-7-6-8-4-5-9(14)10(8)13/h8-10,14H,4-7H2,1-3H3/t8-,9-,10+/m1/s1. The number of carbonyl (C=O) groups is 1. The highest BCUT2D eigenvalue weighted by Crippen LogP contribution is 2.38. The number of aliphatic hydroxyl groups excluding tert-OH is 1. The van der Waals surface area contributed by atoms with Crippen LogP contribution in [0.15, 0.2) is 0 Å². The number of carbonyl (C=O) groups excluding carboxylic acids is 1. The molecule has 0 unspecified atom stereocenters. The Hall–Kier alpha value is -0.770. The molecule has 16 heavy (non-hydrogen) atoms. The van der Waals surface area contributed by atoms with Gasteiger partial charge in [-0.15, -0.1) is 0 Å². The van der Waals surface area contributed by atoms with Crippen LogP contribution in [0.4, 0.5) is 4.79 Å². The molecule has 1 aliphatic carbocycles. The van der Waals surface area contributed by atoms with E-state index in [9.17, 15) is 9.90 Å². The smallest absolute Gasteiger partial charge is 0.410 e. The Morgan fingerprint density at radius 2 is 2.00 bits per heavy atom. The third kappa shape index (κ3) is 2.17. The van der Waals surface area contributed by atoms with E-state index in [1.54, 1.807) is 4.90 Å². The molecule has 92 valence electrons. The van der Waals surface area contributed by atoms with Gasteiger partial charge in [0.1, 0.15) is 5.60 Å². The van der Waals surface area contributed by atoms with Crippen LogP contribution in [-0.4, -0.2) is 40.4 Å². The fourth-order valence-corrected chi connectivity index (χ4v) is 2.81. The van der Waals surface area contributed by atoms with Gasteiger partial charge in [0.2, 0.25) is 0 Å². The van der Waals surface area contributed by atoms with Gasteiger partial charge >= 0.3 is 6.09 Å². The molecule has 1 amide bonds. The summed E-state index contributed by atoms with van der Waals surface area (Å²) in [6.07, 6.45) is 2.21. The van der Waals surface area contributed by atoms with Crippen molar-refractivity contribution in [2.45, 2.75) is 57.8 Å². The summed E-state index contributed by atoms with van der Waals surface area (Å²) in [5.41, 5.74) is -0.460. The van der Waals surface area contributed by atoms with Crippen LogP contribution in [0.5, 0.6) is 0 Å². The predicted octanol–water partition coefficient (Wildman–Crippen LogP) is 1.77. The lowest BCUT2D eigenvalue weighted by atomic mass is 10.0. The number of amides is 1. The maximum absolute atomic E-state index is 11.9. The largest absolute Gasteiger partial charge is 0.444 e. The lowest BCUT2D eigenvalue weighted by molar-refractivity contribution is 0.00753. The molecule has 1 saturated carbocycles. The van der Waals surface area contributed by atoms with Crippen LogP contribution in [0.25, 0.3) is 0 Å². The SMILES string of the molecule is CC(C)(C)OC(=O)N1CC[C@H]2CC[C@@H](O)[C@H]21. The molecular formula is C12H21NO3. The fraction of sp³-hybridized carbons (Fsp3) is 0.917. The molecule has 0 spiro atoms. The van der Waals surface area contributed by atoms with E-state index >= 15 is 0 Å². The quantitative estimate of drug-likeness (QED) is 0.686. The van der Waals surface area contributed by atoms with E-state index in [2.05, 4.69) is 0 Å². The minimum atomic E-state index is -0.460. The Morgan fingerprint density at radius 1 is 1.31 bits per heavy atom. The molecule has 0 aromatic carbocycles. The van der Waals surface area contributed by atoms with Crippen LogP contribution in [0, 0.1) is 5.92 Å². The molecule has 0 aromatic rings. The van der Waals surface area contributed by atoms with E-state index in [4.69, 9.17) is 4.74 Å². The Balaban J connectivity index is 2.02. The van der Waals surface area contributed by atoms with Crippen molar-refractivity contribution in [1.82, 2.24) is 4.90 Å². The number of aliphatic hydroxyl groups is 1. The molecule has 2 rings (SSSR count). The third-order valence-corrected chi connectivity index (χ3v) is 3.44. The Morgan fingerprint density at radius 3 is 2.62 bits per heavy atom. The zero-order valence-corrected chi connectivity index (χ0v) is 10.3. The number of likely N-dealkylation sites (tertiary alicyclic amines) is 1. The van der Waals surface area contributed by atoms with E-state index in [0.29, 0.717) is 5.92 Å².